The molecule has 0 fully saturated rings. The van der Waals surface area contributed by atoms with E-state index in [1.807, 2.05) is 41.9 Å². The van der Waals surface area contributed by atoms with Gasteiger partial charge in [-0.15, -0.1) is 0 Å². The average molecular weight is 443 g/mol. The first kappa shape index (κ1) is 22.8. The number of rotatable bonds is 4. The highest BCUT2D eigenvalue weighted by atomic mass is 35.5. The zero-order valence-electron chi connectivity index (χ0n) is 19.2. The lowest BCUT2D eigenvalue weighted by molar-refractivity contribution is 0.625. The number of halogens is 1. The molecule has 0 amide bonds. The van der Waals surface area contributed by atoms with Crippen molar-refractivity contribution in [3.05, 3.63) is 70.5 Å². The summed E-state index contributed by atoms with van der Waals surface area (Å²) in [6.07, 6.45) is 0. The molecule has 0 aliphatic heterocycles. The Morgan fingerprint density at radius 1 is 1.00 bits per heavy atom. The predicted molar refractivity (Wildman–Crippen MR) is 131 cm³/mol. The lowest BCUT2D eigenvalue weighted by Gasteiger charge is -2.42. The van der Waals surface area contributed by atoms with Gasteiger partial charge < -0.3 is 0 Å². The lowest BCUT2D eigenvalue weighted by atomic mass is 10.2. The fourth-order valence-electron chi connectivity index (χ4n) is 4.14. The van der Waals surface area contributed by atoms with Crippen molar-refractivity contribution in [3.8, 4) is 5.69 Å². The van der Waals surface area contributed by atoms with Crippen LogP contribution in [-0.2, 0) is 0 Å². The molecule has 1 aromatic heterocycles. The van der Waals surface area contributed by atoms with Gasteiger partial charge >= 0.3 is 0 Å². The van der Waals surface area contributed by atoms with E-state index in [1.165, 1.54) is 5.30 Å². The molecule has 0 N–H and O–H groups in total. The van der Waals surface area contributed by atoms with E-state index >= 15 is 0 Å². The van der Waals surface area contributed by atoms with Crippen molar-refractivity contribution in [2.45, 2.75) is 46.7 Å². The van der Waals surface area contributed by atoms with Crippen LogP contribution in [-0.4, -0.2) is 33.7 Å². The molecule has 3 rings (SSSR count). The molecule has 4 nitrogen and oxygen atoms in total. The van der Waals surface area contributed by atoms with Gasteiger partial charge in [-0.3, -0.25) is 4.67 Å². The molecule has 0 unspecified atom stereocenters. The molecule has 0 spiro atoms. The second kappa shape index (κ2) is 8.34. The fourth-order valence-corrected chi connectivity index (χ4v) is 8.67. The minimum atomic E-state index is -2.22. The van der Waals surface area contributed by atoms with E-state index in [0.29, 0.717) is 0 Å². The van der Waals surface area contributed by atoms with Crippen LogP contribution in [0.2, 0.25) is 5.02 Å². The number of hydrogen-bond donors (Lipinski definition) is 0. The van der Waals surface area contributed by atoms with Crippen LogP contribution < -0.4 is 5.30 Å². The second-order valence-corrected chi connectivity index (χ2v) is 13.3. The highest BCUT2D eigenvalue weighted by Gasteiger charge is 2.42. The van der Waals surface area contributed by atoms with E-state index in [0.717, 1.165) is 33.3 Å². The van der Waals surface area contributed by atoms with Crippen LogP contribution in [0.15, 0.2) is 53.3 Å². The molecule has 30 heavy (non-hydrogen) atoms. The SMILES string of the molecule is Cc1ccc(N=[P@](c2c(C)nn(-c3ccccc3)c2C)(N(C)C)C(C)(C)C)cc1Cl. The molecule has 1 atom stereocenters. The molecule has 2 aromatic carbocycles. The summed E-state index contributed by atoms with van der Waals surface area (Å²) in [5.41, 5.74) is 5.19. The normalized spacial score (nSPS) is 14.1. The zero-order valence-corrected chi connectivity index (χ0v) is 20.9. The van der Waals surface area contributed by atoms with Crippen LogP contribution in [0.4, 0.5) is 5.69 Å². The van der Waals surface area contributed by atoms with Gasteiger partial charge in [0.2, 0.25) is 0 Å². The highest BCUT2D eigenvalue weighted by molar-refractivity contribution is 7.73. The summed E-state index contributed by atoms with van der Waals surface area (Å²) in [5, 5.41) is 6.83. The van der Waals surface area contributed by atoms with E-state index in [2.05, 4.69) is 71.6 Å². The van der Waals surface area contributed by atoms with Gasteiger partial charge in [0.25, 0.3) is 0 Å². The first-order valence-electron chi connectivity index (χ1n) is 10.2. The smallest absolute Gasteiger partial charge is 0.0751 e. The molecule has 0 aliphatic rings. The number of para-hydroxylation sites is 1. The lowest BCUT2D eigenvalue weighted by Crippen LogP contribution is -2.34. The highest BCUT2D eigenvalue weighted by Crippen LogP contribution is 2.63. The van der Waals surface area contributed by atoms with E-state index in [4.69, 9.17) is 21.4 Å². The van der Waals surface area contributed by atoms with Gasteiger partial charge in [0, 0.05) is 10.2 Å². The molecule has 160 valence electrons. The number of benzene rings is 2. The Morgan fingerprint density at radius 2 is 1.63 bits per heavy atom. The van der Waals surface area contributed by atoms with Crippen molar-refractivity contribution in [1.82, 2.24) is 14.5 Å². The molecular formula is C24H32ClN4P. The Hall–Kier alpha value is -1.87. The fraction of sp³-hybridized carbons (Fsp3) is 0.375. The average Bonchev–Trinajstić information content (AvgIpc) is 2.97. The van der Waals surface area contributed by atoms with Crippen LogP contribution in [0.25, 0.3) is 5.69 Å². The molecule has 6 heteroatoms. The van der Waals surface area contributed by atoms with Gasteiger partial charge in [-0.1, -0.05) is 56.6 Å². The summed E-state index contributed by atoms with van der Waals surface area (Å²) < 4.78 is 9.82. The Labute approximate surface area is 186 Å². The molecule has 0 aliphatic carbocycles. The summed E-state index contributed by atoms with van der Waals surface area (Å²) in [7, 11) is 2.05. The molecular weight excluding hydrogens is 411 g/mol. The first-order valence-corrected chi connectivity index (χ1v) is 12.2. The monoisotopic (exact) mass is 442 g/mol. The van der Waals surface area contributed by atoms with Crippen molar-refractivity contribution in [2.75, 3.05) is 14.1 Å². The maximum Gasteiger partial charge on any atom is 0.0751 e. The van der Waals surface area contributed by atoms with Crippen molar-refractivity contribution in [3.63, 3.8) is 0 Å². The Kier molecular flexibility index (Phi) is 6.34. The van der Waals surface area contributed by atoms with Gasteiger partial charge in [0.05, 0.1) is 35.3 Å². The Balaban J connectivity index is 2.39. The molecule has 0 radical (unpaired) electrons. The summed E-state index contributed by atoms with van der Waals surface area (Å²) in [6, 6.07) is 16.4. The molecule has 0 saturated heterocycles. The largest absolute Gasteiger partial charge is 0.271 e. The number of nitrogens with zero attached hydrogens (tertiary/aromatic N) is 4. The number of aryl methyl sites for hydroxylation is 2. The maximum atomic E-state index is 6.45. The van der Waals surface area contributed by atoms with Crippen LogP contribution >= 0.6 is 18.8 Å². The molecule has 0 bridgehead atoms. The molecule has 3 aromatic rings. The second-order valence-electron chi connectivity index (χ2n) is 8.92. The summed E-state index contributed by atoms with van der Waals surface area (Å²) in [4.78, 5) is 0. The van der Waals surface area contributed by atoms with Gasteiger partial charge in [-0.25, -0.2) is 9.43 Å². The van der Waals surface area contributed by atoms with E-state index < -0.39 is 7.21 Å². The van der Waals surface area contributed by atoms with Crippen molar-refractivity contribution < 1.29 is 0 Å². The van der Waals surface area contributed by atoms with Gasteiger partial charge in [0.15, 0.2) is 0 Å². The van der Waals surface area contributed by atoms with E-state index in [1.54, 1.807) is 0 Å². The summed E-state index contributed by atoms with van der Waals surface area (Å²) in [6.45, 7) is 13.1. The van der Waals surface area contributed by atoms with Crippen LogP contribution in [0, 0.1) is 20.8 Å². The van der Waals surface area contributed by atoms with Crippen molar-refractivity contribution >= 4 is 29.8 Å². The van der Waals surface area contributed by atoms with Crippen LogP contribution in [0.5, 0.6) is 0 Å². The molecule has 1 heterocycles. The third kappa shape index (κ3) is 3.89. The summed E-state index contributed by atoms with van der Waals surface area (Å²) in [5.74, 6) is 0. The topological polar surface area (TPSA) is 33.4 Å². The quantitative estimate of drug-likeness (QED) is 0.412. The van der Waals surface area contributed by atoms with Crippen molar-refractivity contribution in [2.24, 2.45) is 4.74 Å². The van der Waals surface area contributed by atoms with Gasteiger partial charge in [-0.2, -0.15) is 5.10 Å². The van der Waals surface area contributed by atoms with Crippen molar-refractivity contribution in [1.29, 1.82) is 0 Å². The third-order valence-corrected chi connectivity index (χ3v) is 10.7. The zero-order chi connectivity index (χ0) is 22.3. The Morgan fingerprint density at radius 3 is 2.17 bits per heavy atom. The van der Waals surface area contributed by atoms with Gasteiger partial charge in [-0.05, 0) is 64.7 Å². The molecule has 0 saturated carbocycles. The predicted octanol–water partition coefficient (Wildman–Crippen LogP) is 6.88. The number of aromatic nitrogens is 2. The van der Waals surface area contributed by atoms with Gasteiger partial charge in [0.1, 0.15) is 0 Å². The third-order valence-electron chi connectivity index (χ3n) is 5.50. The van der Waals surface area contributed by atoms with Crippen LogP contribution in [0.3, 0.4) is 0 Å². The van der Waals surface area contributed by atoms with E-state index in [-0.39, 0.29) is 5.16 Å². The maximum absolute atomic E-state index is 6.45. The van der Waals surface area contributed by atoms with Crippen LogP contribution in [0.1, 0.15) is 37.7 Å². The van der Waals surface area contributed by atoms with E-state index in [9.17, 15) is 0 Å². The summed E-state index contributed by atoms with van der Waals surface area (Å²) >= 11 is 6.45. The Bertz CT molecular complexity index is 1110. The first-order chi connectivity index (χ1) is 14.0. The standard InChI is InChI=1S/C24H32ClN4P/c1-17-14-15-20(16-22(17)25)27-30(28(7)8,24(4,5)6)23-18(2)26-29(19(23)3)21-12-10-9-11-13-21/h9-16H,1-8H3/t30-/m1/s1. The minimum absolute atomic E-state index is 0.103. The minimum Gasteiger partial charge on any atom is -0.271 e. The number of hydrogen-bond acceptors (Lipinski definition) is 2.